The van der Waals surface area contributed by atoms with Gasteiger partial charge in [-0.1, -0.05) is 6.92 Å². The van der Waals surface area contributed by atoms with Gasteiger partial charge in [0.05, 0.1) is 6.42 Å². The molecule has 1 heterocycles. The molecule has 0 aliphatic carbocycles. The molecule has 1 fully saturated rings. The molecule has 1 N–H and O–H groups in total. The Kier molecular flexibility index (Phi) is 5.05. The highest BCUT2D eigenvalue weighted by Crippen LogP contribution is 2.20. The summed E-state index contributed by atoms with van der Waals surface area (Å²) < 4.78 is 35.9. The Morgan fingerprint density at radius 2 is 2.06 bits per heavy atom. The molecule has 1 aliphatic heterocycles. The fourth-order valence-electron chi connectivity index (χ4n) is 2.29. The van der Waals surface area contributed by atoms with Crippen LogP contribution in [0.2, 0.25) is 0 Å². The molecular weight excluding hydrogens is 217 g/mol. The van der Waals surface area contributed by atoms with E-state index in [-0.39, 0.29) is 12.6 Å². The van der Waals surface area contributed by atoms with Gasteiger partial charge in [0.15, 0.2) is 0 Å². The van der Waals surface area contributed by atoms with Crippen LogP contribution >= 0.6 is 0 Å². The van der Waals surface area contributed by atoms with Gasteiger partial charge in [-0.15, -0.1) is 0 Å². The molecule has 0 amide bonds. The predicted octanol–water partition coefficient (Wildman–Crippen LogP) is 2.40. The highest BCUT2D eigenvalue weighted by Gasteiger charge is 2.28. The van der Waals surface area contributed by atoms with Gasteiger partial charge in [0, 0.05) is 18.6 Å². The second kappa shape index (κ2) is 5.87. The van der Waals surface area contributed by atoms with Crippen molar-refractivity contribution in [2.24, 2.45) is 0 Å². The second-order valence-corrected chi connectivity index (χ2v) is 4.52. The molecule has 16 heavy (non-hydrogen) atoms. The number of nitrogens with zero attached hydrogens (tertiary/aromatic N) is 1. The van der Waals surface area contributed by atoms with Crippen LogP contribution in [0.3, 0.4) is 0 Å². The summed E-state index contributed by atoms with van der Waals surface area (Å²) in [7, 11) is 0. The lowest BCUT2D eigenvalue weighted by Crippen LogP contribution is -2.47. The lowest BCUT2D eigenvalue weighted by atomic mass is 9.98. The summed E-state index contributed by atoms with van der Waals surface area (Å²) in [5.41, 5.74) is 0. The molecule has 0 aromatic heterocycles. The molecule has 2 atom stereocenters. The van der Waals surface area contributed by atoms with E-state index in [4.69, 9.17) is 0 Å². The van der Waals surface area contributed by atoms with Gasteiger partial charge >= 0.3 is 6.18 Å². The van der Waals surface area contributed by atoms with Gasteiger partial charge < -0.3 is 10.2 Å². The summed E-state index contributed by atoms with van der Waals surface area (Å²) in [6.45, 7) is 6.32. The zero-order chi connectivity index (χ0) is 12.2. The first-order valence-corrected chi connectivity index (χ1v) is 5.96. The van der Waals surface area contributed by atoms with E-state index in [1.54, 1.807) is 0 Å². The first-order valence-electron chi connectivity index (χ1n) is 5.96. The monoisotopic (exact) mass is 238 g/mol. The third kappa shape index (κ3) is 4.70. The SMILES string of the molecule is CCN1CCC(NCCC(F)(F)F)CC1C. The molecule has 0 spiro atoms. The minimum Gasteiger partial charge on any atom is -0.314 e. The van der Waals surface area contributed by atoms with Crippen LogP contribution in [0.15, 0.2) is 0 Å². The number of piperidine rings is 1. The number of alkyl halides is 3. The van der Waals surface area contributed by atoms with Crippen LogP contribution in [0.4, 0.5) is 13.2 Å². The van der Waals surface area contributed by atoms with Crippen LogP contribution in [0, 0.1) is 0 Å². The van der Waals surface area contributed by atoms with Crippen LogP contribution in [0.5, 0.6) is 0 Å². The molecule has 0 bridgehead atoms. The zero-order valence-corrected chi connectivity index (χ0v) is 9.98. The largest absolute Gasteiger partial charge is 0.390 e. The summed E-state index contributed by atoms with van der Waals surface area (Å²) in [4.78, 5) is 2.36. The van der Waals surface area contributed by atoms with Gasteiger partial charge in [0.1, 0.15) is 0 Å². The summed E-state index contributed by atoms with van der Waals surface area (Å²) in [5, 5.41) is 3.01. The fourth-order valence-corrected chi connectivity index (χ4v) is 2.29. The average molecular weight is 238 g/mol. The third-order valence-electron chi connectivity index (χ3n) is 3.26. The Bertz CT molecular complexity index is 206. The minimum atomic E-state index is -4.04. The molecule has 1 rings (SSSR count). The maximum absolute atomic E-state index is 12.0. The number of nitrogens with one attached hydrogen (secondary N) is 1. The van der Waals surface area contributed by atoms with Crippen molar-refractivity contribution in [1.29, 1.82) is 0 Å². The van der Waals surface area contributed by atoms with E-state index in [1.165, 1.54) is 0 Å². The Morgan fingerprint density at radius 1 is 1.38 bits per heavy atom. The number of hydrogen-bond acceptors (Lipinski definition) is 2. The van der Waals surface area contributed by atoms with E-state index >= 15 is 0 Å². The van der Waals surface area contributed by atoms with Crippen LogP contribution in [-0.2, 0) is 0 Å². The van der Waals surface area contributed by atoms with Gasteiger partial charge in [-0.3, -0.25) is 0 Å². The maximum Gasteiger partial charge on any atom is 0.390 e. The van der Waals surface area contributed by atoms with Crippen molar-refractivity contribution in [3.63, 3.8) is 0 Å². The molecular formula is C11H21F3N2. The highest BCUT2D eigenvalue weighted by molar-refractivity contribution is 4.82. The van der Waals surface area contributed by atoms with Crippen molar-refractivity contribution in [3.8, 4) is 0 Å². The molecule has 0 aromatic carbocycles. The van der Waals surface area contributed by atoms with Gasteiger partial charge in [-0.25, -0.2) is 0 Å². The molecule has 0 saturated carbocycles. The van der Waals surface area contributed by atoms with Crippen molar-refractivity contribution in [2.45, 2.75) is 51.4 Å². The van der Waals surface area contributed by atoms with Crippen molar-refractivity contribution in [1.82, 2.24) is 10.2 Å². The van der Waals surface area contributed by atoms with Crippen LogP contribution in [0.25, 0.3) is 0 Å². The van der Waals surface area contributed by atoms with E-state index in [0.29, 0.717) is 6.04 Å². The van der Waals surface area contributed by atoms with E-state index < -0.39 is 12.6 Å². The Morgan fingerprint density at radius 3 is 2.56 bits per heavy atom. The summed E-state index contributed by atoms with van der Waals surface area (Å²) in [6, 6.07) is 0.724. The van der Waals surface area contributed by atoms with E-state index in [0.717, 1.165) is 25.9 Å². The lowest BCUT2D eigenvalue weighted by molar-refractivity contribution is -0.133. The molecule has 0 aromatic rings. The summed E-state index contributed by atoms with van der Waals surface area (Å²) in [5.74, 6) is 0. The predicted molar refractivity (Wildman–Crippen MR) is 58.4 cm³/mol. The number of likely N-dealkylation sites (tertiary alicyclic amines) is 1. The number of rotatable bonds is 4. The van der Waals surface area contributed by atoms with Crippen molar-refractivity contribution in [3.05, 3.63) is 0 Å². The smallest absolute Gasteiger partial charge is 0.314 e. The normalized spacial score (nSPS) is 28.3. The van der Waals surface area contributed by atoms with Gasteiger partial charge in [0.25, 0.3) is 0 Å². The quantitative estimate of drug-likeness (QED) is 0.809. The number of hydrogen-bond donors (Lipinski definition) is 1. The van der Waals surface area contributed by atoms with Crippen molar-refractivity contribution >= 4 is 0 Å². The van der Waals surface area contributed by atoms with Gasteiger partial charge in [-0.05, 0) is 32.9 Å². The Balaban J connectivity index is 2.20. The standard InChI is InChI=1S/C11H21F3N2/c1-3-16-7-4-10(8-9(16)2)15-6-5-11(12,13)14/h9-10,15H,3-8H2,1-2H3. The molecule has 1 saturated heterocycles. The Labute approximate surface area is 95.2 Å². The first kappa shape index (κ1) is 13.8. The van der Waals surface area contributed by atoms with Gasteiger partial charge in [0.2, 0.25) is 0 Å². The third-order valence-corrected chi connectivity index (χ3v) is 3.26. The van der Waals surface area contributed by atoms with E-state index in [2.05, 4.69) is 24.1 Å². The molecule has 96 valence electrons. The molecule has 1 aliphatic rings. The molecule has 5 heteroatoms. The Hall–Kier alpha value is -0.290. The highest BCUT2D eigenvalue weighted by atomic mass is 19.4. The first-order chi connectivity index (χ1) is 7.42. The van der Waals surface area contributed by atoms with E-state index in [9.17, 15) is 13.2 Å². The molecule has 0 radical (unpaired) electrons. The van der Waals surface area contributed by atoms with Crippen LogP contribution in [0.1, 0.15) is 33.1 Å². The van der Waals surface area contributed by atoms with Gasteiger partial charge in [-0.2, -0.15) is 13.2 Å². The number of halogens is 3. The maximum atomic E-state index is 12.0. The topological polar surface area (TPSA) is 15.3 Å². The summed E-state index contributed by atoms with van der Waals surface area (Å²) in [6.07, 6.45) is -2.86. The second-order valence-electron chi connectivity index (χ2n) is 4.52. The van der Waals surface area contributed by atoms with E-state index in [1.807, 2.05) is 0 Å². The fraction of sp³-hybridized carbons (Fsp3) is 1.00. The van der Waals surface area contributed by atoms with Crippen LogP contribution in [-0.4, -0.2) is 42.8 Å². The molecule has 2 nitrogen and oxygen atoms in total. The summed E-state index contributed by atoms with van der Waals surface area (Å²) >= 11 is 0. The van der Waals surface area contributed by atoms with Crippen molar-refractivity contribution in [2.75, 3.05) is 19.6 Å². The van der Waals surface area contributed by atoms with Crippen molar-refractivity contribution < 1.29 is 13.2 Å². The zero-order valence-electron chi connectivity index (χ0n) is 9.98. The average Bonchev–Trinajstić information content (AvgIpc) is 2.16. The lowest BCUT2D eigenvalue weighted by Gasteiger charge is -2.37. The molecule has 2 unspecified atom stereocenters. The minimum absolute atomic E-state index is 0.0486. The van der Waals surface area contributed by atoms with Crippen LogP contribution < -0.4 is 5.32 Å².